The molecule has 1 rings (SSSR count). The topological polar surface area (TPSA) is 21.3 Å². The van der Waals surface area contributed by atoms with Crippen molar-refractivity contribution in [3.63, 3.8) is 0 Å². The number of nitrogens with one attached hydrogen (secondary N) is 1. The van der Waals surface area contributed by atoms with Crippen LogP contribution in [0.3, 0.4) is 0 Å². The van der Waals surface area contributed by atoms with Gasteiger partial charge >= 0.3 is 0 Å². The van der Waals surface area contributed by atoms with Crippen LogP contribution >= 0.6 is 0 Å². The van der Waals surface area contributed by atoms with E-state index < -0.39 is 0 Å². The predicted molar refractivity (Wildman–Crippen MR) is 78.0 cm³/mol. The summed E-state index contributed by atoms with van der Waals surface area (Å²) in [5, 5.41) is 3.60. The molecular weight excluding hydrogens is 222 g/mol. The van der Waals surface area contributed by atoms with Crippen molar-refractivity contribution in [2.24, 2.45) is 0 Å². The molecule has 0 spiro atoms. The van der Waals surface area contributed by atoms with E-state index >= 15 is 0 Å². The molecule has 0 saturated heterocycles. The minimum Gasteiger partial charge on any atom is -0.382 e. The molecule has 2 heteroatoms. The van der Waals surface area contributed by atoms with Crippen LogP contribution in [0.5, 0.6) is 0 Å². The standard InChI is InChI=1S/C16H27NO/c1-5-17-15(12-13-18-6-2)16(3,4)14-10-8-7-9-11-14/h7-11,15,17H,5-6,12-13H2,1-4H3. The van der Waals surface area contributed by atoms with Crippen molar-refractivity contribution in [1.82, 2.24) is 5.32 Å². The predicted octanol–water partition coefficient (Wildman–Crippen LogP) is 3.37. The lowest BCUT2D eigenvalue weighted by Gasteiger charge is -2.35. The number of likely N-dealkylation sites (N-methyl/N-ethyl adjacent to an activating group) is 1. The molecule has 1 aromatic carbocycles. The van der Waals surface area contributed by atoms with E-state index in [0.29, 0.717) is 6.04 Å². The molecule has 0 amide bonds. The van der Waals surface area contributed by atoms with Crippen molar-refractivity contribution in [2.45, 2.75) is 45.6 Å². The van der Waals surface area contributed by atoms with Crippen LogP contribution in [-0.4, -0.2) is 25.8 Å². The zero-order valence-electron chi connectivity index (χ0n) is 12.2. The lowest BCUT2D eigenvalue weighted by molar-refractivity contribution is 0.127. The van der Waals surface area contributed by atoms with Crippen LogP contribution in [0.25, 0.3) is 0 Å². The molecule has 1 atom stereocenters. The van der Waals surface area contributed by atoms with E-state index in [0.717, 1.165) is 26.2 Å². The van der Waals surface area contributed by atoms with Gasteiger partial charge in [0.25, 0.3) is 0 Å². The Bertz CT molecular complexity index is 321. The molecule has 1 unspecified atom stereocenters. The molecule has 0 bridgehead atoms. The summed E-state index contributed by atoms with van der Waals surface area (Å²) in [6.45, 7) is 11.4. The lowest BCUT2D eigenvalue weighted by atomic mass is 9.76. The van der Waals surface area contributed by atoms with Gasteiger partial charge in [0.1, 0.15) is 0 Å². The molecule has 0 aliphatic heterocycles. The fraction of sp³-hybridized carbons (Fsp3) is 0.625. The Morgan fingerprint density at radius 1 is 1.17 bits per heavy atom. The van der Waals surface area contributed by atoms with E-state index in [-0.39, 0.29) is 5.41 Å². The van der Waals surface area contributed by atoms with Gasteiger partial charge in [-0.05, 0) is 25.5 Å². The highest BCUT2D eigenvalue weighted by atomic mass is 16.5. The van der Waals surface area contributed by atoms with E-state index in [1.807, 2.05) is 6.92 Å². The average Bonchev–Trinajstić information content (AvgIpc) is 2.39. The molecular formula is C16H27NO. The first-order valence-corrected chi connectivity index (χ1v) is 6.99. The average molecular weight is 249 g/mol. The summed E-state index contributed by atoms with van der Waals surface area (Å²) in [5.74, 6) is 0. The molecule has 2 nitrogen and oxygen atoms in total. The molecule has 0 aliphatic rings. The summed E-state index contributed by atoms with van der Waals surface area (Å²) >= 11 is 0. The second-order valence-corrected chi connectivity index (χ2v) is 5.18. The highest BCUT2D eigenvalue weighted by Crippen LogP contribution is 2.28. The summed E-state index contributed by atoms with van der Waals surface area (Å²) in [6, 6.07) is 11.2. The Morgan fingerprint density at radius 3 is 2.39 bits per heavy atom. The second-order valence-electron chi connectivity index (χ2n) is 5.18. The summed E-state index contributed by atoms with van der Waals surface area (Å²) in [4.78, 5) is 0. The van der Waals surface area contributed by atoms with Crippen molar-refractivity contribution in [1.29, 1.82) is 0 Å². The van der Waals surface area contributed by atoms with Crippen molar-refractivity contribution >= 4 is 0 Å². The van der Waals surface area contributed by atoms with Gasteiger partial charge in [-0.15, -0.1) is 0 Å². The van der Waals surface area contributed by atoms with Crippen LogP contribution < -0.4 is 5.32 Å². The third kappa shape index (κ3) is 4.11. The maximum atomic E-state index is 5.50. The van der Waals surface area contributed by atoms with Crippen LogP contribution in [-0.2, 0) is 10.2 Å². The molecule has 1 aromatic rings. The molecule has 0 radical (unpaired) electrons. The number of hydrogen-bond acceptors (Lipinski definition) is 2. The maximum absolute atomic E-state index is 5.50. The van der Waals surface area contributed by atoms with Gasteiger partial charge in [0.05, 0.1) is 0 Å². The third-order valence-electron chi connectivity index (χ3n) is 3.59. The Balaban J connectivity index is 2.76. The smallest absolute Gasteiger partial charge is 0.0481 e. The van der Waals surface area contributed by atoms with Crippen molar-refractivity contribution in [2.75, 3.05) is 19.8 Å². The first-order chi connectivity index (χ1) is 8.62. The van der Waals surface area contributed by atoms with Crippen LogP contribution in [0.4, 0.5) is 0 Å². The van der Waals surface area contributed by atoms with Crippen LogP contribution in [0, 0.1) is 0 Å². The van der Waals surface area contributed by atoms with E-state index in [9.17, 15) is 0 Å². The van der Waals surface area contributed by atoms with E-state index in [4.69, 9.17) is 4.74 Å². The maximum Gasteiger partial charge on any atom is 0.0481 e. The van der Waals surface area contributed by atoms with Gasteiger partial charge in [0.2, 0.25) is 0 Å². The molecule has 0 fully saturated rings. The molecule has 0 aliphatic carbocycles. The Hall–Kier alpha value is -0.860. The summed E-state index contributed by atoms with van der Waals surface area (Å²) < 4.78 is 5.50. The molecule has 0 saturated carbocycles. The van der Waals surface area contributed by atoms with E-state index in [2.05, 4.69) is 56.4 Å². The van der Waals surface area contributed by atoms with Crippen LogP contribution in [0.2, 0.25) is 0 Å². The fourth-order valence-electron chi connectivity index (χ4n) is 2.38. The van der Waals surface area contributed by atoms with E-state index in [1.165, 1.54) is 5.56 Å². The van der Waals surface area contributed by atoms with Gasteiger partial charge in [0, 0.05) is 24.7 Å². The van der Waals surface area contributed by atoms with Gasteiger partial charge < -0.3 is 10.1 Å². The lowest BCUT2D eigenvalue weighted by Crippen LogP contribution is -2.45. The van der Waals surface area contributed by atoms with E-state index in [1.54, 1.807) is 0 Å². The van der Waals surface area contributed by atoms with Crippen molar-refractivity contribution in [3.05, 3.63) is 35.9 Å². The minimum atomic E-state index is 0.119. The zero-order chi connectivity index (χ0) is 13.4. The SMILES string of the molecule is CCNC(CCOCC)C(C)(C)c1ccccc1. The van der Waals surface area contributed by atoms with Crippen molar-refractivity contribution < 1.29 is 4.74 Å². The normalized spacial score (nSPS) is 13.6. The highest BCUT2D eigenvalue weighted by Gasteiger charge is 2.30. The van der Waals surface area contributed by atoms with Gasteiger partial charge in [0.15, 0.2) is 0 Å². The number of hydrogen-bond donors (Lipinski definition) is 1. The first kappa shape index (κ1) is 15.2. The summed E-state index contributed by atoms with van der Waals surface area (Å²) in [5.41, 5.74) is 1.50. The third-order valence-corrected chi connectivity index (χ3v) is 3.59. The zero-order valence-corrected chi connectivity index (χ0v) is 12.2. The highest BCUT2D eigenvalue weighted by molar-refractivity contribution is 5.25. The molecule has 18 heavy (non-hydrogen) atoms. The molecule has 102 valence electrons. The molecule has 0 aromatic heterocycles. The van der Waals surface area contributed by atoms with Gasteiger partial charge in [-0.3, -0.25) is 0 Å². The monoisotopic (exact) mass is 249 g/mol. The summed E-state index contributed by atoms with van der Waals surface area (Å²) in [6.07, 6.45) is 1.05. The second kappa shape index (κ2) is 7.55. The van der Waals surface area contributed by atoms with Gasteiger partial charge in [-0.25, -0.2) is 0 Å². The fourth-order valence-corrected chi connectivity index (χ4v) is 2.38. The quantitative estimate of drug-likeness (QED) is 0.713. The Morgan fingerprint density at radius 2 is 1.83 bits per heavy atom. The summed E-state index contributed by atoms with van der Waals surface area (Å²) in [7, 11) is 0. The first-order valence-electron chi connectivity index (χ1n) is 6.99. The number of rotatable bonds is 8. The van der Waals surface area contributed by atoms with Gasteiger partial charge in [-0.1, -0.05) is 51.1 Å². The molecule has 1 N–H and O–H groups in total. The Kier molecular flexibility index (Phi) is 6.37. The van der Waals surface area contributed by atoms with Gasteiger partial charge in [-0.2, -0.15) is 0 Å². The van der Waals surface area contributed by atoms with Crippen LogP contribution in [0.15, 0.2) is 30.3 Å². The van der Waals surface area contributed by atoms with Crippen molar-refractivity contribution in [3.8, 4) is 0 Å². The largest absolute Gasteiger partial charge is 0.382 e. The number of benzene rings is 1. The molecule has 0 heterocycles. The Labute approximate surface area is 112 Å². The van der Waals surface area contributed by atoms with Crippen LogP contribution in [0.1, 0.15) is 39.7 Å². The number of ether oxygens (including phenoxy) is 1. The minimum absolute atomic E-state index is 0.119.